The molecule has 10 heteroatoms. The predicted octanol–water partition coefficient (Wildman–Crippen LogP) is 4.37. The van der Waals surface area contributed by atoms with Crippen molar-refractivity contribution in [1.82, 2.24) is 20.2 Å². The van der Waals surface area contributed by atoms with E-state index in [4.69, 9.17) is 19.4 Å². The van der Waals surface area contributed by atoms with E-state index in [2.05, 4.69) is 22.5 Å². The third-order valence-electron chi connectivity index (χ3n) is 6.38. The molecule has 0 radical (unpaired) electrons. The van der Waals surface area contributed by atoms with E-state index in [-0.39, 0.29) is 18.2 Å². The van der Waals surface area contributed by atoms with Crippen LogP contribution < -0.4 is 15.5 Å². The molecule has 2 aliphatic rings. The number of ether oxygens (including phenoxy) is 2. The minimum absolute atomic E-state index is 0.209. The first-order chi connectivity index (χ1) is 17.7. The average molecular weight is 511 g/mol. The number of carbonyl (C=O) groups excluding carboxylic acids is 2. The van der Waals surface area contributed by atoms with Gasteiger partial charge in [0.15, 0.2) is 5.82 Å². The Morgan fingerprint density at radius 2 is 1.78 bits per heavy atom. The van der Waals surface area contributed by atoms with E-state index in [0.29, 0.717) is 50.7 Å². The average Bonchev–Trinajstić information content (AvgIpc) is 2.87. The molecule has 2 aromatic rings. The molecule has 1 aromatic heterocycles. The fourth-order valence-electron chi connectivity index (χ4n) is 4.70. The number of urea groups is 1. The summed E-state index contributed by atoms with van der Waals surface area (Å²) < 4.78 is 11.3. The number of amides is 3. The van der Waals surface area contributed by atoms with Crippen LogP contribution in [0.4, 0.5) is 21.1 Å². The van der Waals surface area contributed by atoms with Crippen molar-refractivity contribution in [2.75, 3.05) is 49.6 Å². The molecule has 3 amide bonds. The topological polar surface area (TPSA) is 109 Å². The zero-order chi connectivity index (χ0) is 26.6. The van der Waals surface area contributed by atoms with E-state index >= 15 is 0 Å². The number of aromatic nitrogens is 2. The quantitative estimate of drug-likeness (QED) is 0.615. The van der Waals surface area contributed by atoms with Gasteiger partial charge in [-0.2, -0.15) is 0 Å². The molecule has 0 bridgehead atoms. The zero-order valence-corrected chi connectivity index (χ0v) is 22.5. The molecule has 1 saturated heterocycles. The van der Waals surface area contributed by atoms with Crippen LogP contribution in [0.5, 0.6) is 0 Å². The smallest absolute Gasteiger partial charge is 0.410 e. The lowest BCUT2D eigenvalue weighted by atomic mass is 9.95. The Morgan fingerprint density at radius 1 is 1.08 bits per heavy atom. The summed E-state index contributed by atoms with van der Waals surface area (Å²) in [5.41, 5.74) is 2.91. The van der Waals surface area contributed by atoms with Gasteiger partial charge in [-0.3, -0.25) is 4.90 Å². The SMILES string of the molecule is CCNC(=O)Nc1ccc(-c2nc3c(c(N4CCOCC4)n2)CCN(C(=O)OC(C)(C)C)[C@H]3CC)cc1. The minimum atomic E-state index is -0.574. The third-order valence-corrected chi connectivity index (χ3v) is 6.38. The van der Waals surface area contributed by atoms with Gasteiger partial charge in [-0.1, -0.05) is 6.92 Å². The summed E-state index contributed by atoms with van der Waals surface area (Å²) in [4.78, 5) is 39.1. The molecule has 37 heavy (non-hydrogen) atoms. The second-order valence-corrected chi connectivity index (χ2v) is 10.2. The van der Waals surface area contributed by atoms with Gasteiger partial charge in [0.2, 0.25) is 0 Å². The number of fused-ring (bicyclic) bond motifs is 1. The van der Waals surface area contributed by atoms with E-state index in [1.165, 1.54) is 0 Å². The number of hydrogen-bond acceptors (Lipinski definition) is 7. The second-order valence-electron chi connectivity index (χ2n) is 10.2. The lowest BCUT2D eigenvalue weighted by Gasteiger charge is -2.39. The summed E-state index contributed by atoms with van der Waals surface area (Å²) in [5, 5.41) is 5.54. The van der Waals surface area contributed by atoms with Crippen LogP contribution in [0.3, 0.4) is 0 Å². The molecule has 2 N–H and O–H groups in total. The van der Waals surface area contributed by atoms with Crippen molar-refractivity contribution in [3.05, 3.63) is 35.5 Å². The van der Waals surface area contributed by atoms with Crippen LogP contribution in [0.1, 0.15) is 58.3 Å². The van der Waals surface area contributed by atoms with Crippen LogP contribution in [-0.4, -0.2) is 72.0 Å². The first-order valence-corrected chi connectivity index (χ1v) is 13.1. The highest BCUT2D eigenvalue weighted by atomic mass is 16.6. The molecule has 1 aromatic carbocycles. The first-order valence-electron chi connectivity index (χ1n) is 13.1. The van der Waals surface area contributed by atoms with Gasteiger partial charge in [-0.05, 0) is 64.8 Å². The molecule has 4 rings (SSSR count). The number of nitrogens with zero attached hydrogens (tertiary/aromatic N) is 4. The summed E-state index contributed by atoms with van der Waals surface area (Å²) in [6.07, 6.45) is 1.05. The predicted molar refractivity (Wildman–Crippen MR) is 143 cm³/mol. The Kier molecular flexibility index (Phi) is 8.16. The largest absolute Gasteiger partial charge is 0.444 e. The van der Waals surface area contributed by atoms with Crippen LogP contribution in [0.15, 0.2) is 24.3 Å². The maximum atomic E-state index is 13.1. The van der Waals surface area contributed by atoms with Crippen molar-refractivity contribution in [2.45, 2.75) is 59.1 Å². The maximum Gasteiger partial charge on any atom is 0.410 e. The standard InChI is InChI=1S/C27H38N6O4/c1-6-21-22-20(12-13-33(21)26(35)37-27(3,4)5)24(32-14-16-36-17-15-32)31-23(30-22)18-8-10-19(11-9-18)29-25(34)28-7-2/h8-11,21H,6-7,12-17H2,1-5H3,(H2,28,29,34)/t21-/m0/s1. The molecule has 1 fully saturated rings. The van der Waals surface area contributed by atoms with Gasteiger partial charge >= 0.3 is 12.1 Å². The molecule has 10 nitrogen and oxygen atoms in total. The van der Waals surface area contributed by atoms with Gasteiger partial charge in [-0.15, -0.1) is 0 Å². The molecule has 2 aliphatic heterocycles. The van der Waals surface area contributed by atoms with Gasteiger partial charge in [0.05, 0.1) is 24.9 Å². The monoisotopic (exact) mass is 510 g/mol. The fourth-order valence-corrected chi connectivity index (χ4v) is 4.70. The van der Waals surface area contributed by atoms with Crippen LogP contribution >= 0.6 is 0 Å². The van der Waals surface area contributed by atoms with Crippen molar-refractivity contribution >= 4 is 23.6 Å². The highest BCUT2D eigenvalue weighted by Gasteiger charge is 2.36. The third kappa shape index (κ3) is 6.30. The van der Waals surface area contributed by atoms with Gasteiger partial charge < -0.3 is 25.0 Å². The Morgan fingerprint density at radius 3 is 2.41 bits per heavy atom. The van der Waals surface area contributed by atoms with E-state index in [1.807, 2.05) is 52.0 Å². The molecule has 0 saturated carbocycles. The Balaban J connectivity index is 1.72. The minimum Gasteiger partial charge on any atom is -0.444 e. The van der Waals surface area contributed by atoms with Crippen LogP contribution in [0, 0.1) is 0 Å². The van der Waals surface area contributed by atoms with Crippen molar-refractivity contribution in [3.8, 4) is 11.4 Å². The van der Waals surface area contributed by atoms with E-state index in [0.717, 1.165) is 35.7 Å². The van der Waals surface area contributed by atoms with Crippen molar-refractivity contribution in [2.24, 2.45) is 0 Å². The van der Waals surface area contributed by atoms with Crippen molar-refractivity contribution in [3.63, 3.8) is 0 Å². The molecular formula is C27H38N6O4. The normalized spacial score (nSPS) is 17.7. The number of nitrogens with one attached hydrogen (secondary N) is 2. The molecular weight excluding hydrogens is 472 g/mol. The van der Waals surface area contributed by atoms with Gasteiger partial charge in [0.1, 0.15) is 11.4 Å². The first kappa shape index (κ1) is 26.7. The molecule has 200 valence electrons. The van der Waals surface area contributed by atoms with Gasteiger partial charge in [-0.25, -0.2) is 19.6 Å². The Bertz CT molecular complexity index is 1110. The van der Waals surface area contributed by atoms with E-state index < -0.39 is 5.60 Å². The number of benzene rings is 1. The Labute approximate surface area is 218 Å². The highest BCUT2D eigenvalue weighted by Crippen LogP contribution is 2.38. The van der Waals surface area contributed by atoms with E-state index in [1.54, 1.807) is 4.90 Å². The summed E-state index contributed by atoms with van der Waals surface area (Å²) in [6, 6.07) is 7.03. The number of anilines is 2. The van der Waals surface area contributed by atoms with Gasteiger partial charge in [0.25, 0.3) is 0 Å². The van der Waals surface area contributed by atoms with Gasteiger partial charge in [0, 0.05) is 43.0 Å². The van der Waals surface area contributed by atoms with E-state index in [9.17, 15) is 9.59 Å². The van der Waals surface area contributed by atoms with Crippen molar-refractivity contribution in [1.29, 1.82) is 0 Å². The summed E-state index contributed by atoms with van der Waals surface area (Å²) >= 11 is 0. The maximum absolute atomic E-state index is 13.1. The van der Waals surface area contributed by atoms with Crippen LogP contribution in [0.25, 0.3) is 11.4 Å². The number of hydrogen-bond donors (Lipinski definition) is 2. The lowest BCUT2D eigenvalue weighted by Crippen LogP contribution is -2.44. The number of rotatable bonds is 5. The Hall–Kier alpha value is -3.40. The second kappa shape index (κ2) is 11.3. The fraction of sp³-hybridized carbons (Fsp3) is 0.556. The van der Waals surface area contributed by atoms with Crippen molar-refractivity contribution < 1.29 is 19.1 Å². The van der Waals surface area contributed by atoms with Crippen LogP contribution in [0.2, 0.25) is 0 Å². The number of carbonyl (C=O) groups is 2. The lowest BCUT2D eigenvalue weighted by molar-refractivity contribution is 0.0131. The summed E-state index contributed by atoms with van der Waals surface area (Å²) in [7, 11) is 0. The molecule has 3 heterocycles. The molecule has 1 atom stereocenters. The zero-order valence-electron chi connectivity index (χ0n) is 22.5. The molecule has 0 spiro atoms. The summed E-state index contributed by atoms with van der Waals surface area (Å²) in [6.45, 7) is 13.5. The van der Waals surface area contributed by atoms with Crippen LogP contribution in [-0.2, 0) is 15.9 Å². The molecule has 0 unspecified atom stereocenters. The highest BCUT2D eigenvalue weighted by molar-refractivity contribution is 5.89. The molecule has 0 aliphatic carbocycles. The summed E-state index contributed by atoms with van der Waals surface area (Å²) in [5.74, 6) is 1.50. The number of morpholine rings is 1.